The molecule has 0 atom stereocenters. The Bertz CT molecular complexity index is 638. The van der Waals surface area contributed by atoms with Crippen molar-refractivity contribution in [2.75, 3.05) is 53.6 Å². The van der Waals surface area contributed by atoms with E-state index in [4.69, 9.17) is 9.47 Å². The van der Waals surface area contributed by atoms with E-state index in [1.165, 1.54) is 36.8 Å². The molecule has 0 spiro atoms. The van der Waals surface area contributed by atoms with Crippen molar-refractivity contribution in [2.45, 2.75) is 45.2 Å². The van der Waals surface area contributed by atoms with Crippen LogP contribution in [-0.2, 0) is 22.6 Å². The van der Waals surface area contributed by atoms with Gasteiger partial charge in [-0.25, -0.2) is 0 Å². The first-order valence-corrected chi connectivity index (χ1v) is 11.0. The fraction of sp³-hybridized carbons (Fsp3) is 0.696. The summed E-state index contributed by atoms with van der Waals surface area (Å²) in [6, 6.07) is 8.70. The van der Waals surface area contributed by atoms with Crippen LogP contribution in [0.15, 0.2) is 29.3 Å². The van der Waals surface area contributed by atoms with E-state index in [9.17, 15) is 0 Å². The molecular formula is C23H38N4O2. The molecule has 1 aromatic carbocycles. The second kappa shape index (κ2) is 11.5. The van der Waals surface area contributed by atoms with Gasteiger partial charge < -0.3 is 20.1 Å². The molecule has 0 bridgehead atoms. The maximum Gasteiger partial charge on any atom is 0.191 e. The lowest BCUT2D eigenvalue weighted by Crippen LogP contribution is -2.43. The topological polar surface area (TPSA) is 58.1 Å². The summed E-state index contributed by atoms with van der Waals surface area (Å²) in [4.78, 5) is 6.92. The summed E-state index contributed by atoms with van der Waals surface area (Å²) in [5, 5.41) is 7.11. The van der Waals surface area contributed by atoms with Crippen molar-refractivity contribution in [2.24, 2.45) is 10.4 Å². The van der Waals surface area contributed by atoms with E-state index in [1.807, 2.05) is 7.05 Å². The van der Waals surface area contributed by atoms with Gasteiger partial charge in [0.2, 0.25) is 0 Å². The second-order valence-electron chi connectivity index (χ2n) is 8.39. The molecule has 1 aromatic rings. The Labute approximate surface area is 176 Å². The zero-order valence-corrected chi connectivity index (χ0v) is 18.2. The minimum atomic E-state index is 0.349. The third kappa shape index (κ3) is 6.69. The van der Waals surface area contributed by atoms with E-state index in [-0.39, 0.29) is 0 Å². The molecule has 6 heteroatoms. The molecule has 6 nitrogen and oxygen atoms in total. The largest absolute Gasteiger partial charge is 0.385 e. The van der Waals surface area contributed by atoms with Gasteiger partial charge in [-0.3, -0.25) is 9.89 Å². The van der Waals surface area contributed by atoms with Crippen LogP contribution < -0.4 is 10.6 Å². The fourth-order valence-electron chi connectivity index (χ4n) is 4.51. The Morgan fingerprint density at radius 2 is 1.86 bits per heavy atom. The first kappa shape index (κ1) is 22.1. The summed E-state index contributed by atoms with van der Waals surface area (Å²) in [5.41, 5.74) is 3.06. The fourth-order valence-corrected chi connectivity index (χ4v) is 4.51. The van der Waals surface area contributed by atoms with Crippen molar-refractivity contribution in [1.29, 1.82) is 0 Å². The average molecular weight is 403 g/mol. The number of aliphatic imine (C=N–C) groups is 1. The molecule has 2 fully saturated rings. The van der Waals surface area contributed by atoms with E-state index in [2.05, 4.69) is 44.8 Å². The zero-order valence-electron chi connectivity index (χ0n) is 18.2. The molecule has 1 heterocycles. The minimum Gasteiger partial charge on any atom is -0.385 e. The molecule has 0 amide bonds. The van der Waals surface area contributed by atoms with Gasteiger partial charge >= 0.3 is 0 Å². The number of ether oxygens (including phenoxy) is 2. The Morgan fingerprint density at radius 3 is 2.55 bits per heavy atom. The van der Waals surface area contributed by atoms with Gasteiger partial charge in [-0.2, -0.15) is 0 Å². The highest BCUT2D eigenvalue weighted by Crippen LogP contribution is 2.40. The van der Waals surface area contributed by atoms with Gasteiger partial charge in [0.15, 0.2) is 5.96 Å². The highest BCUT2D eigenvalue weighted by atomic mass is 16.5. The Kier molecular flexibility index (Phi) is 8.77. The number of methoxy groups -OCH3 is 1. The normalized spacial score (nSPS) is 20.0. The van der Waals surface area contributed by atoms with Gasteiger partial charge in [0.1, 0.15) is 0 Å². The molecular weight excluding hydrogens is 364 g/mol. The molecule has 1 saturated heterocycles. The number of benzene rings is 1. The third-order valence-corrected chi connectivity index (χ3v) is 6.42. The van der Waals surface area contributed by atoms with E-state index < -0.39 is 0 Å². The van der Waals surface area contributed by atoms with Crippen molar-refractivity contribution in [3.8, 4) is 0 Å². The lowest BCUT2D eigenvalue weighted by Gasteiger charge is -2.30. The Hall–Kier alpha value is -1.63. The summed E-state index contributed by atoms with van der Waals surface area (Å²) in [7, 11) is 3.65. The molecule has 162 valence electrons. The van der Waals surface area contributed by atoms with Gasteiger partial charge in [0, 0.05) is 53.5 Å². The number of nitrogens with one attached hydrogen (secondary N) is 2. The average Bonchev–Trinajstić information content (AvgIpc) is 3.23. The predicted octanol–water partition coefficient (Wildman–Crippen LogP) is 2.78. The summed E-state index contributed by atoms with van der Waals surface area (Å²) in [5.74, 6) is 0.884. The van der Waals surface area contributed by atoms with Crippen LogP contribution in [0.5, 0.6) is 0 Å². The summed E-state index contributed by atoms with van der Waals surface area (Å²) < 4.78 is 10.8. The van der Waals surface area contributed by atoms with Crippen LogP contribution in [0, 0.1) is 5.41 Å². The van der Waals surface area contributed by atoms with Crippen LogP contribution in [0.3, 0.4) is 0 Å². The molecule has 1 saturated carbocycles. The molecule has 29 heavy (non-hydrogen) atoms. The molecule has 1 aliphatic heterocycles. The van der Waals surface area contributed by atoms with E-state index in [0.717, 1.165) is 64.9 Å². The summed E-state index contributed by atoms with van der Waals surface area (Å²) >= 11 is 0. The molecule has 2 N–H and O–H groups in total. The SMILES string of the molecule is CN=C(NCc1ccccc1CN1CCOCC1)NCC1(CCOC)CCCC1. The van der Waals surface area contributed by atoms with Gasteiger partial charge in [-0.15, -0.1) is 0 Å². The van der Waals surface area contributed by atoms with Crippen LogP contribution in [0.4, 0.5) is 0 Å². The van der Waals surface area contributed by atoms with Gasteiger partial charge in [0.05, 0.1) is 13.2 Å². The van der Waals surface area contributed by atoms with Crippen LogP contribution in [-0.4, -0.2) is 64.5 Å². The minimum absolute atomic E-state index is 0.349. The number of rotatable bonds is 9. The van der Waals surface area contributed by atoms with Crippen LogP contribution in [0.2, 0.25) is 0 Å². The van der Waals surface area contributed by atoms with Gasteiger partial charge in [-0.05, 0) is 35.8 Å². The van der Waals surface area contributed by atoms with Gasteiger partial charge in [0.25, 0.3) is 0 Å². The Balaban J connectivity index is 1.52. The number of nitrogens with zero attached hydrogens (tertiary/aromatic N) is 2. The highest BCUT2D eigenvalue weighted by molar-refractivity contribution is 5.79. The van der Waals surface area contributed by atoms with Crippen LogP contribution in [0.1, 0.15) is 43.2 Å². The van der Waals surface area contributed by atoms with Crippen molar-refractivity contribution in [1.82, 2.24) is 15.5 Å². The third-order valence-electron chi connectivity index (χ3n) is 6.42. The monoisotopic (exact) mass is 402 g/mol. The predicted molar refractivity (Wildman–Crippen MR) is 118 cm³/mol. The quantitative estimate of drug-likeness (QED) is 0.491. The van der Waals surface area contributed by atoms with E-state index in [0.29, 0.717) is 5.41 Å². The molecule has 2 aliphatic rings. The molecule has 1 aliphatic carbocycles. The van der Waals surface area contributed by atoms with Crippen molar-refractivity contribution >= 4 is 5.96 Å². The second-order valence-corrected chi connectivity index (χ2v) is 8.39. The zero-order chi connectivity index (χ0) is 20.4. The lowest BCUT2D eigenvalue weighted by atomic mass is 9.83. The summed E-state index contributed by atoms with van der Waals surface area (Å²) in [6.45, 7) is 7.25. The number of guanidine groups is 1. The highest BCUT2D eigenvalue weighted by Gasteiger charge is 2.33. The first-order chi connectivity index (χ1) is 14.2. The van der Waals surface area contributed by atoms with Crippen LogP contribution in [0.25, 0.3) is 0 Å². The van der Waals surface area contributed by atoms with Crippen LogP contribution >= 0.6 is 0 Å². The van der Waals surface area contributed by atoms with E-state index >= 15 is 0 Å². The summed E-state index contributed by atoms with van der Waals surface area (Å²) in [6.07, 6.45) is 6.33. The Morgan fingerprint density at radius 1 is 1.14 bits per heavy atom. The molecule has 0 unspecified atom stereocenters. The molecule has 0 radical (unpaired) electrons. The standard InChI is InChI=1S/C23H38N4O2/c1-24-22(26-19-23(11-14-28-2)9-5-6-10-23)25-17-20-7-3-4-8-21(20)18-27-12-15-29-16-13-27/h3-4,7-8H,5-6,9-19H2,1-2H3,(H2,24,25,26). The maximum atomic E-state index is 5.48. The molecule has 3 rings (SSSR count). The van der Waals surface area contributed by atoms with Gasteiger partial charge in [-0.1, -0.05) is 37.1 Å². The number of hydrogen-bond acceptors (Lipinski definition) is 4. The first-order valence-electron chi connectivity index (χ1n) is 11.0. The number of morpholine rings is 1. The number of hydrogen-bond donors (Lipinski definition) is 2. The smallest absolute Gasteiger partial charge is 0.191 e. The van der Waals surface area contributed by atoms with Crippen molar-refractivity contribution < 1.29 is 9.47 Å². The lowest BCUT2D eigenvalue weighted by molar-refractivity contribution is 0.0341. The molecule has 0 aromatic heterocycles. The maximum absolute atomic E-state index is 5.48. The van der Waals surface area contributed by atoms with Crippen molar-refractivity contribution in [3.05, 3.63) is 35.4 Å². The van der Waals surface area contributed by atoms with E-state index in [1.54, 1.807) is 7.11 Å². The van der Waals surface area contributed by atoms with Crippen molar-refractivity contribution in [3.63, 3.8) is 0 Å².